The maximum absolute atomic E-state index is 11.5. The highest BCUT2D eigenvalue weighted by molar-refractivity contribution is 5.87. The largest absolute Gasteiger partial charge is 0.461 e. The third-order valence-electron chi connectivity index (χ3n) is 2.42. The third kappa shape index (κ3) is 1.91. The van der Waals surface area contributed by atoms with Crippen molar-refractivity contribution >= 4 is 11.6 Å². The van der Waals surface area contributed by atoms with Gasteiger partial charge in [0, 0.05) is 12.4 Å². The molecule has 0 aliphatic carbocycles. The van der Waals surface area contributed by atoms with Gasteiger partial charge >= 0.3 is 5.97 Å². The van der Waals surface area contributed by atoms with E-state index >= 15 is 0 Å². The van der Waals surface area contributed by atoms with Crippen LogP contribution in [0.15, 0.2) is 24.5 Å². The van der Waals surface area contributed by atoms with Crippen molar-refractivity contribution in [1.82, 2.24) is 9.38 Å². The number of pyridine rings is 1. The number of aromatic nitrogens is 2. The molecule has 4 heteroatoms. The summed E-state index contributed by atoms with van der Waals surface area (Å²) in [5, 5.41) is 0. The van der Waals surface area contributed by atoms with Crippen LogP contribution < -0.4 is 0 Å². The predicted molar refractivity (Wildman–Crippen MR) is 60.5 cm³/mol. The maximum Gasteiger partial charge on any atom is 0.358 e. The maximum atomic E-state index is 11.5. The van der Waals surface area contributed by atoms with Crippen molar-refractivity contribution in [2.45, 2.75) is 20.3 Å². The molecule has 4 nitrogen and oxygen atoms in total. The Morgan fingerprint density at radius 2 is 2.31 bits per heavy atom. The molecule has 0 spiro atoms. The Morgan fingerprint density at radius 1 is 1.50 bits per heavy atom. The Bertz CT molecular complexity index is 517. The number of aryl methyl sites for hydroxylation is 1. The molecule has 0 atom stereocenters. The number of hydrogen-bond acceptors (Lipinski definition) is 3. The van der Waals surface area contributed by atoms with E-state index in [9.17, 15) is 4.79 Å². The van der Waals surface area contributed by atoms with Crippen molar-refractivity contribution in [2.75, 3.05) is 6.61 Å². The summed E-state index contributed by atoms with van der Waals surface area (Å²) in [5.74, 6) is -0.371. The van der Waals surface area contributed by atoms with Crippen LogP contribution in [0.4, 0.5) is 0 Å². The first kappa shape index (κ1) is 10.7. The van der Waals surface area contributed by atoms with Gasteiger partial charge in [-0.05, 0) is 31.0 Å². The molecule has 0 bridgehead atoms. The molecule has 0 fully saturated rings. The average molecular weight is 218 g/mol. The number of nitrogens with zero attached hydrogens (tertiary/aromatic N) is 2. The van der Waals surface area contributed by atoms with Gasteiger partial charge in [0.05, 0.1) is 6.61 Å². The monoisotopic (exact) mass is 218 g/mol. The summed E-state index contributed by atoms with van der Waals surface area (Å²) in [4.78, 5) is 15.7. The van der Waals surface area contributed by atoms with Crippen molar-refractivity contribution < 1.29 is 9.53 Å². The van der Waals surface area contributed by atoms with Crippen LogP contribution in [0.3, 0.4) is 0 Å². The van der Waals surface area contributed by atoms with Crippen LogP contribution in [0.2, 0.25) is 0 Å². The molecular weight excluding hydrogens is 204 g/mol. The summed E-state index contributed by atoms with van der Waals surface area (Å²) >= 11 is 0. The van der Waals surface area contributed by atoms with Crippen LogP contribution >= 0.6 is 0 Å². The molecule has 0 aliphatic rings. The molecule has 0 aliphatic heterocycles. The molecule has 0 amide bonds. The molecular formula is C12H14N2O2. The molecule has 0 N–H and O–H groups in total. The lowest BCUT2D eigenvalue weighted by molar-refractivity contribution is 0.0520. The van der Waals surface area contributed by atoms with E-state index in [2.05, 4.69) is 11.9 Å². The summed E-state index contributed by atoms with van der Waals surface area (Å²) < 4.78 is 6.72. The van der Waals surface area contributed by atoms with Crippen molar-refractivity contribution in [3.05, 3.63) is 35.8 Å². The van der Waals surface area contributed by atoms with E-state index < -0.39 is 0 Å². The minimum absolute atomic E-state index is 0.357. The minimum atomic E-state index is -0.371. The molecule has 2 aromatic rings. The highest BCUT2D eigenvalue weighted by Crippen LogP contribution is 2.09. The lowest BCUT2D eigenvalue weighted by atomic mass is 10.2. The van der Waals surface area contributed by atoms with Gasteiger partial charge in [0.15, 0.2) is 5.69 Å². The van der Waals surface area contributed by atoms with Crippen molar-refractivity contribution in [2.24, 2.45) is 0 Å². The van der Waals surface area contributed by atoms with Gasteiger partial charge in [-0.2, -0.15) is 0 Å². The van der Waals surface area contributed by atoms with Gasteiger partial charge < -0.3 is 9.14 Å². The second-order valence-corrected chi connectivity index (χ2v) is 3.50. The quantitative estimate of drug-likeness (QED) is 0.741. The molecule has 2 heterocycles. The first-order chi connectivity index (χ1) is 7.74. The second kappa shape index (κ2) is 4.35. The molecule has 0 unspecified atom stereocenters. The fraction of sp³-hybridized carbons (Fsp3) is 0.333. The van der Waals surface area contributed by atoms with Crippen LogP contribution in [0.25, 0.3) is 5.65 Å². The fourth-order valence-corrected chi connectivity index (χ4v) is 1.55. The Kier molecular flexibility index (Phi) is 2.90. The number of hydrogen-bond donors (Lipinski definition) is 0. The van der Waals surface area contributed by atoms with Crippen molar-refractivity contribution in [3.8, 4) is 0 Å². The molecule has 0 radical (unpaired) electrons. The smallest absolute Gasteiger partial charge is 0.358 e. The number of rotatable bonds is 3. The van der Waals surface area contributed by atoms with E-state index in [0.29, 0.717) is 12.3 Å². The highest BCUT2D eigenvalue weighted by atomic mass is 16.5. The standard InChI is InChI=1S/C12H14N2O2/c1-3-9-5-6-14-8-10(12(15)16-4-2)13-11(14)7-9/h5-8H,3-4H2,1-2H3. The molecule has 0 aromatic carbocycles. The number of fused-ring (bicyclic) bond motifs is 1. The lowest BCUT2D eigenvalue weighted by Gasteiger charge is -1.96. The summed E-state index contributed by atoms with van der Waals surface area (Å²) in [7, 11) is 0. The molecule has 0 saturated carbocycles. The first-order valence-corrected chi connectivity index (χ1v) is 5.39. The van der Waals surface area contributed by atoms with Gasteiger partial charge in [0.25, 0.3) is 0 Å². The van der Waals surface area contributed by atoms with E-state index in [4.69, 9.17) is 4.74 Å². The predicted octanol–water partition coefficient (Wildman–Crippen LogP) is 2.07. The number of ether oxygens (including phenoxy) is 1. The Balaban J connectivity index is 2.39. The molecule has 2 rings (SSSR count). The number of carbonyl (C=O) groups excluding carboxylic acids is 1. The van der Waals surface area contributed by atoms with E-state index in [1.54, 1.807) is 13.1 Å². The highest BCUT2D eigenvalue weighted by Gasteiger charge is 2.11. The van der Waals surface area contributed by atoms with E-state index in [-0.39, 0.29) is 5.97 Å². The number of esters is 1. The fourth-order valence-electron chi connectivity index (χ4n) is 1.55. The normalized spacial score (nSPS) is 10.6. The van der Waals surface area contributed by atoms with Crippen molar-refractivity contribution in [1.29, 1.82) is 0 Å². The summed E-state index contributed by atoms with van der Waals surface area (Å²) in [5.41, 5.74) is 2.34. The zero-order valence-electron chi connectivity index (χ0n) is 9.43. The van der Waals surface area contributed by atoms with E-state index in [1.165, 1.54) is 5.56 Å². The third-order valence-corrected chi connectivity index (χ3v) is 2.42. The van der Waals surface area contributed by atoms with Crippen molar-refractivity contribution in [3.63, 3.8) is 0 Å². The summed E-state index contributed by atoms with van der Waals surface area (Å²) in [6.07, 6.45) is 4.55. The number of carbonyl (C=O) groups is 1. The van der Waals surface area contributed by atoms with E-state index in [1.807, 2.05) is 22.7 Å². The SMILES string of the molecule is CCOC(=O)c1cn2ccc(CC)cc2n1. The Hall–Kier alpha value is -1.84. The second-order valence-electron chi connectivity index (χ2n) is 3.50. The zero-order valence-corrected chi connectivity index (χ0v) is 9.43. The van der Waals surface area contributed by atoms with Gasteiger partial charge in [-0.25, -0.2) is 9.78 Å². The van der Waals surface area contributed by atoms with E-state index in [0.717, 1.165) is 12.1 Å². The van der Waals surface area contributed by atoms with Gasteiger partial charge in [-0.3, -0.25) is 0 Å². The number of imidazole rings is 1. The van der Waals surface area contributed by atoms with Crippen LogP contribution in [-0.2, 0) is 11.2 Å². The van der Waals surface area contributed by atoms with Gasteiger partial charge in [0.1, 0.15) is 5.65 Å². The Morgan fingerprint density at radius 3 is 3.00 bits per heavy atom. The van der Waals surface area contributed by atoms with Crippen LogP contribution in [0, 0.1) is 0 Å². The van der Waals surface area contributed by atoms with Gasteiger partial charge in [0.2, 0.25) is 0 Å². The lowest BCUT2D eigenvalue weighted by Crippen LogP contribution is -2.04. The molecule has 16 heavy (non-hydrogen) atoms. The zero-order chi connectivity index (χ0) is 11.5. The Labute approximate surface area is 93.9 Å². The molecule has 84 valence electrons. The molecule has 0 saturated heterocycles. The van der Waals surface area contributed by atoms with Crippen LogP contribution in [-0.4, -0.2) is 22.0 Å². The first-order valence-electron chi connectivity index (χ1n) is 5.39. The topological polar surface area (TPSA) is 43.6 Å². The molecule has 2 aromatic heterocycles. The summed E-state index contributed by atoms with van der Waals surface area (Å²) in [6.45, 7) is 4.23. The summed E-state index contributed by atoms with van der Waals surface area (Å²) in [6, 6.07) is 3.99. The van der Waals surface area contributed by atoms with Crippen LogP contribution in [0.1, 0.15) is 29.9 Å². The van der Waals surface area contributed by atoms with Crippen LogP contribution in [0.5, 0.6) is 0 Å². The van der Waals surface area contributed by atoms with Gasteiger partial charge in [-0.1, -0.05) is 6.92 Å². The average Bonchev–Trinajstić information content (AvgIpc) is 2.71. The minimum Gasteiger partial charge on any atom is -0.461 e. The van der Waals surface area contributed by atoms with Gasteiger partial charge in [-0.15, -0.1) is 0 Å².